The van der Waals surface area contributed by atoms with Crippen LogP contribution in [-0.2, 0) is 4.74 Å². The Morgan fingerprint density at radius 3 is 2.67 bits per heavy atom. The van der Waals surface area contributed by atoms with E-state index in [1.807, 2.05) is 0 Å². The van der Waals surface area contributed by atoms with E-state index in [1.165, 1.54) is 54.4 Å². The van der Waals surface area contributed by atoms with Crippen LogP contribution in [0.25, 0.3) is 11.2 Å². The fourth-order valence-corrected chi connectivity index (χ4v) is 3.75. The lowest BCUT2D eigenvalue weighted by Gasteiger charge is -2.16. The van der Waals surface area contributed by atoms with Crippen molar-refractivity contribution in [3.63, 3.8) is 0 Å². The number of amides is 2. The van der Waals surface area contributed by atoms with Gasteiger partial charge in [0.25, 0.3) is 11.8 Å². The van der Waals surface area contributed by atoms with E-state index in [2.05, 4.69) is 20.3 Å². The number of nitrogens with one attached hydrogen (secondary N) is 1. The Morgan fingerprint density at radius 2 is 1.94 bits per heavy atom. The molecule has 4 rings (SSSR count). The molecule has 0 saturated carbocycles. The number of aliphatic hydroxyl groups excluding tert-OH is 2. The molecule has 1 aliphatic rings. The second-order valence-electron chi connectivity index (χ2n) is 8.28. The molecule has 1 aromatic carbocycles. The highest BCUT2D eigenvalue weighted by molar-refractivity contribution is 6.02. The number of carbonyl (C=O) groups is 2. The van der Waals surface area contributed by atoms with Gasteiger partial charge in [0.1, 0.15) is 30.2 Å². The summed E-state index contributed by atoms with van der Waals surface area (Å²) in [5, 5.41) is 43.4. The summed E-state index contributed by atoms with van der Waals surface area (Å²) in [6.45, 7) is -0.0456. The van der Waals surface area contributed by atoms with Crippen LogP contribution in [0.2, 0.25) is 0 Å². The number of anilines is 1. The fourth-order valence-electron chi connectivity index (χ4n) is 3.75. The number of fused-ring (bicyclic) bond motifs is 1. The second kappa shape index (κ2) is 9.77. The summed E-state index contributed by atoms with van der Waals surface area (Å²) < 4.78 is 7.22. The van der Waals surface area contributed by atoms with Crippen LogP contribution in [0.4, 0.5) is 5.82 Å². The van der Waals surface area contributed by atoms with Crippen molar-refractivity contribution in [2.75, 3.05) is 26.4 Å². The van der Waals surface area contributed by atoms with Gasteiger partial charge in [-0.1, -0.05) is 12.2 Å². The van der Waals surface area contributed by atoms with Gasteiger partial charge in [0.05, 0.1) is 11.9 Å². The summed E-state index contributed by atoms with van der Waals surface area (Å²) in [5.74, 6) is -2.31. The molecule has 14 heteroatoms. The highest BCUT2D eigenvalue weighted by Crippen LogP contribution is 2.33. The van der Waals surface area contributed by atoms with Gasteiger partial charge in [0.15, 0.2) is 29.2 Å². The Balaban J connectivity index is 1.42. The Bertz CT molecular complexity index is 1340. The lowest BCUT2D eigenvalue weighted by Crippen LogP contribution is -2.31. The van der Waals surface area contributed by atoms with Crippen LogP contribution in [0.15, 0.2) is 36.9 Å². The van der Waals surface area contributed by atoms with E-state index < -0.39 is 47.9 Å². The maximum absolute atomic E-state index is 12.5. The minimum atomic E-state index is -1.31. The first kappa shape index (κ1) is 24.8. The molecule has 0 aliphatic carbocycles. The van der Waals surface area contributed by atoms with Gasteiger partial charge >= 0.3 is 0 Å². The van der Waals surface area contributed by atoms with E-state index in [1.54, 1.807) is 0 Å². The number of phenolic OH excluding ortho intramolecular Hbond substituents is 2. The number of carbonyl (C=O) groups excluding carboxylic acids is 2. The Kier molecular flexibility index (Phi) is 6.74. The largest absolute Gasteiger partial charge is 0.504 e. The normalized spacial score (nSPS) is 21.8. The monoisotopic (exact) mass is 499 g/mol. The first-order chi connectivity index (χ1) is 17.1. The lowest BCUT2D eigenvalue weighted by molar-refractivity contribution is -0.0245. The van der Waals surface area contributed by atoms with Gasteiger partial charge in [-0.3, -0.25) is 14.2 Å². The molecule has 1 aliphatic heterocycles. The number of aromatic nitrogens is 4. The zero-order valence-electron chi connectivity index (χ0n) is 19.3. The molecule has 1 fully saturated rings. The van der Waals surface area contributed by atoms with Gasteiger partial charge in [0.2, 0.25) is 0 Å². The topological polar surface area (TPSA) is 209 Å². The van der Waals surface area contributed by atoms with Crippen molar-refractivity contribution in [2.24, 2.45) is 0 Å². The third kappa shape index (κ3) is 4.51. The number of phenols is 2. The molecule has 14 nitrogen and oxygen atoms in total. The zero-order valence-corrected chi connectivity index (χ0v) is 19.3. The number of hydrogen-bond acceptors (Lipinski definition) is 11. The maximum Gasteiger partial charge on any atom is 0.255 e. The highest BCUT2D eigenvalue weighted by atomic mass is 16.6. The average molecular weight is 499 g/mol. The van der Waals surface area contributed by atoms with Crippen LogP contribution in [0.5, 0.6) is 11.5 Å². The summed E-state index contributed by atoms with van der Waals surface area (Å²) in [6, 6.07) is 2.24. The van der Waals surface area contributed by atoms with E-state index in [-0.39, 0.29) is 23.5 Å². The third-order valence-electron chi connectivity index (χ3n) is 5.63. The predicted octanol–water partition coefficient (Wildman–Crippen LogP) is -0.873. The number of rotatable bonds is 6. The molecular formula is C22H25N7O7. The van der Waals surface area contributed by atoms with E-state index in [0.717, 1.165) is 6.07 Å². The molecule has 0 spiro atoms. The number of ether oxygens (including phenoxy) is 1. The quantitative estimate of drug-likeness (QED) is 0.181. The Labute approximate surface area is 204 Å². The van der Waals surface area contributed by atoms with Crippen LogP contribution in [0, 0.1) is 0 Å². The van der Waals surface area contributed by atoms with Gasteiger partial charge in [0, 0.05) is 26.2 Å². The molecular weight excluding hydrogens is 474 g/mol. The number of nitrogens with two attached hydrogens (primary N) is 1. The standard InChI is InChI=1S/C22H25N7O7/c1-28(2)21(35)10-6-11(15(31)12(30)7-10)20(34)24-5-3-4-13-16(32)17(33)22(36-13)29-9-27-14-18(23)25-8-26-19(14)29/h3-4,6-9,13,16-17,22,30-33H,5H2,1-2H3,(H,24,34)(H2,23,25,26). The Morgan fingerprint density at radius 1 is 1.19 bits per heavy atom. The van der Waals surface area contributed by atoms with Gasteiger partial charge in [-0.25, -0.2) is 15.0 Å². The predicted molar refractivity (Wildman–Crippen MR) is 125 cm³/mol. The summed E-state index contributed by atoms with van der Waals surface area (Å²) in [6.07, 6.45) is 1.06. The highest BCUT2D eigenvalue weighted by Gasteiger charge is 2.43. The number of nitrogens with zero attached hydrogens (tertiary/aromatic N) is 5. The van der Waals surface area contributed by atoms with Gasteiger partial charge < -0.3 is 41.1 Å². The molecule has 4 unspecified atom stereocenters. The van der Waals surface area contributed by atoms with Gasteiger partial charge in [-0.15, -0.1) is 0 Å². The summed E-state index contributed by atoms with van der Waals surface area (Å²) >= 11 is 0. The number of hydrogen-bond donors (Lipinski definition) is 6. The van der Waals surface area contributed by atoms with E-state index in [9.17, 15) is 30.0 Å². The van der Waals surface area contributed by atoms with Crippen LogP contribution in [0.3, 0.4) is 0 Å². The van der Waals surface area contributed by atoms with Crippen LogP contribution < -0.4 is 11.1 Å². The van der Waals surface area contributed by atoms with Crippen LogP contribution in [-0.4, -0.2) is 95.6 Å². The first-order valence-electron chi connectivity index (χ1n) is 10.8. The molecule has 2 aromatic heterocycles. The van der Waals surface area contributed by atoms with Crippen molar-refractivity contribution >= 4 is 28.8 Å². The molecule has 0 radical (unpaired) electrons. The van der Waals surface area contributed by atoms with Crippen LogP contribution >= 0.6 is 0 Å². The molecule has 2 amide bonds. The smallest absolute Gasteiger partial charge is 0.255 e. The average Bonchev–Trinajstić information content (AvgIpc) is 3.39. The molecule has 3 aromatic rings. The summed E-state index contributed by atoms with van der Waals surface area (Å²) in [5.41, 5.74) is 6.18. The van der Waals surface area contributed by atoms with E-state index >= 15 is 0 Å². The number of aromatic hydroxyl groups is 2. The van der Waals surface area contributed by atoms with Crippen molar-refractivity contribution in [1.82, 2.24) is 29.7 Å². The lowest BCUT2D eigenvalue weighted by atomic mass is 10.1. The molecule has 3 heterocycles. The third-order valence-corrected chi connectivity index (χ3v) is 5.63. The number of nitrogen functional groups attached to an aromatic ring is 1. The van der Waals surface area contributed by atoms with Gasteiger partial charge in [-0.2, -0.15) is 0 Å². The minimum Gasteiger partial charge on any atom is -0.504 e. The maximum atomic E-state index is 12.5. The Hall–Kier alpha value is -4.27. The first-order valence-corrected chi connectivity index (χ1v) is 10.8. The molecule has 7 N–H and O–H groups in total. The molecule has 1 saturated heterocycles. The van der Waals surface area contributed by atoms with Crippen molar-refractivity contribution in [3.05, 3.63) is 48.1 Å². The summed E-state index contributed by atoms with van der Waals surface area (Å²) in [7, 11) is 3.02. The molecule has 0 bridgehead atoms. The number of imidazole rings is 1. The second-order valence-corrected chi connectivity index (χ2v) is 8.28. The van der Waals surface area contributed by atoms with Gasteiger partial charge in [-0.05, 0) is 12.1 Å². The van der Waals surface area contributed by atoms with E-state index in [4.69, 9.17) is 10.5 Å². The number of aliphatic hydroxyl groups is 2. The SMILES string of the molecule is CN(C)C(=O)c1cc(O)c(O)c(C(=O)NCC=CC2OC(n3cnc4c(N)ncnc43)C(O)C2O)c1. The van der Waals surface area contributed by atoms with E-state index in [0.29, 0.717) is 11.2 Å². The van der Waals surface area contributed by atoms with Crippen molar-refractivity contribution in [3.8, 4) is 11.5 Å². The number of benzene rings is 1. The van der Waals surface area contributed by atoms with Crippen molar-refractivity contribution < 1.29 is 34.8 Å². The molecule has 36 heavy (non-hydrogen) atoms. The van der Waals surface area contributed by atoms with Crippen molar-refractivity contribution in [1.29, 1.82) is 0 Å². The van der Waals surface area contributed by atoms with Crippen LogP contribution in [0.1, 0.15) is 26.9 Å². The zero-order chi connectivity index (χ0) is 26.1. The molecule has 4 atom stereocenters. The summed E-state index contributed by atoms with van der Waals surface area (Å²) in [4.78, 5) is 38.0. The fraction of sp³-hybridized carbons (Fsp3) is 0.318. The minimum absolute atomic E-state index is 0.0255. The van der Waals surface area contributed by atoms with Crippen molar-refractivity contribution in [2.45, 2.75) is 24.5 Å². The molecule has 190 valence electrons.